The predicted molar refractivity (Wildman–Crippen MR) is 215 cm³/mol. The van der Waals surface area contributed by atoms with E-state index < -0.39 is 246 Å². The molecule has 3 heteroatoms. The summed E-state index contributed by atoms with van der Waals surface area (Å²) in [6, 6.07) is -17.3. The normalized spacial score (nSPS) is 19.3. The Bertz CT molecular complexity index is 4600. The molecule has 238 valence electrons. The zero-order valence-corrected chi connectivity index (χ0v) is 25.7. The summed E-state index contributed by atoms with van der Waals surface area (Å²) >= 11 is 0. The maximum absolute atomic E-state index is 10.3. The van der Waals surface area contributed by atoms with E-state index in [1.165, 1.54) is 24.3 Å². The third-order valence-electron chi connectivity index (χ3n) is 8.73. The second kappa shape index (κ2) is 10.8. The first-order valence-corrected chi connectivity index (χ1v) is 15.3. The van der Waals surface area contributed by atoms with Crippen molar-refractivity contribution in [2.24, 2.45) is 0 Å². The van der Waals surface area contributed by atoms with Crippen LogP contribution in [-0.2, 0) is 0 Å². The van der Waals surface area contributed by atoms with Crippen LogP contribution in [0.4, 0.5) is 0 Å². The molecule has 11 aromatic rings. The van der Waals surface area contributed by atoms with Gasteiger partial charge in [0.1, 0.15) is 0 Å². The number of benzene rings is 8. The number of rotatable bonds is 4. The lowest BCUT2D eigenvalue weighted by Crippen LogP contribution is -2.02. The summed E-state index contributed by atoms with van der Waals surface area (Å²) in [4.78, 5) is 0. The fourth-order valence-corrected chi connectivity index (χ4v) is 6.70. The third-order valence-corrected chi connectivity index (χ3v) is 8.73. The third kappa shape index (κ3) is 4.00. The average molecular weight is 677 g/mol. The highest BCUT2D eigenvalue weighted by molar-refractivity contribution is 6.16. The Morgan fingerprint density at radius 2 is 0.863 bits per heavy atom. The fraction of sp³-hybridized carbons (Fsp3) is 0. The highest BCUT2D eigenvalue weighted by Crippen LogP contribution is 2.42. The number of fused-ring (bicyclic) bond motifs is 9. The summed E-state index contributed by atoms with van der Waals surface area (Å²) in [7, 11) is 0. The van der Waals surface area contributed by atoms with Gasteiger partial charge in [-0.15, -0.1) is 0 Å². The van der Waals surface area contributed by atoms with Gasteiger partial charge in [0.2, 0.25) is 0 Å². The smallest absolute Gasteiger partial charge is 0.0782 e. The molecule has 3 nitrogen and oxygen atoms in total. The second-order valence-electron chi connectivity index (χ2n) is 11.3. The van der Waals surface area contributed by atoms with Crippen LogP contribution in [0.1, 0.15) is 37.0 Å². The first kappa shape index (κ1) is 12.5. The average Bonchev–Trinajstić information content (AvgIpc) is 3.23. The molecule has 0 N–H and O–H groups in total. The van der Waals surface area contributed by atoms with E-state index in [0.29, 0.717) is 0 Å². The summed E-state index contributed by atoms with van der Waals surface area (Å²) in [5, 5.41) is -3.04. The molecule has 8 aromatic carbocycles. The van der Waals surface area contributed by atoms with Crippen molar-refractivity contribution in [3.63, 3.8) is 0 Å². The first-order valence-electron chi connectivity index (χ1n) is 28.8. The molecule has 0 fully saturated rings. The van der Waals surface area contributed by atoms with Crippen LogP contribution in [0.3, 0.4) is 0 Å². The quantitative estimate of drug-likeness (QED) is 0.176. The number of hydrogen-bond donors (Lipinski definition) is 0. The van der Waals surface area contributed by atoms with E-state index in [9.17, 15) is 16.4 Å². The van der Waals surface area contributed by atoms with Crippen molar-refractivity contribution < 1.29 is 37.0 Å². The molecule has 0 aliphatic rings. The van der Waals surface area contributed by atoms with Crippen LogP contribution < -0.4 is 0 Å². The van der Waals surface area contributed by atoms with Gasteiger partial charge in [-0.2, -0.15) is 0 Å². The monoisotopic (exact) mass is 676 g/mol. The molecule has 0 spiro atoms. The fourth-order valence-electron chi connectivity index (χ4n) is 6.70. The Hall–Kier alpha value is -6.84. The Morgan fingerprint density at radius 3 is 1.53 bits per heavy atom. The predicted octanol–water partition coefficient (Wildman–Crippen LogP) is 12.6. The van der Waals surface area contributed by atoms with E-state index in [0.717, 1.165) is 13.7 Å². The van der Waals surface area contributed by atoms with Crippen molar-refractivity contribution in [1.29, 1.82) is 0 Å². The van der Waals surface area contributed by atoms with Crippen molar-refractivity contribution in [3.8, 4) is 28.2 Å². The Labute approximate surface area is 332 Å². The summed E-state index contributed by atoms with van der Waals surface area (Å²) in [6.07, 6.45) is 0. The van der Waals surface area contributed by atoms with Crippen LogP contribution in [0.15, 0.2) is 187 Å². The minimum Gasteiger partial charge on any atom is -0.309 e. The van der Waals surface area contributed by atoms with Crippen LogP contribution in [-0.4, -0.2) is 13.7 Å². The van der Waals surface area contributed by atoms with Crippen molar-refractivity contribution in [2.75, 3.05) is 0 Å². The molecule has 3 heterocycles. The molecule has 0 bridgehead atoms. The van der Waals surface area contributed by atoms with E-state index >= 15 is 0 Å². The molecular formula is C48H31N3. The lowest BCUT2D eigenvalue weighted by molar-refractivity contribution is 1.13. The van der Waals surface area contributed by atoms with Crippen molar-refractivity contribution in [2.45, 2.75) is 0 Å². The van der Waals surface area contributed by atoms with Crippen LogP contribution >= 0.6 is 0 Å². The Morgan fingerprint density at radius 1 is 0.353 bits per heavy atom. The van der Waals surface area contributed by atoms with Gasteiger partial charge >= 0.3 is 0 Å². The molecule has 0 atom stereocenters. The van der Waals surface area contributed by atoms with Gasteiger partial charge < -0.3 is 13.7 Å². The molecule has 0 amide bonds. The molecule has 51 heavy (non-hydrogen) atoms. The number of aromatic nitrogens is 3. The Kier molecular flexibility index (Phi) is 2.65. The standard InChI is InChI=1S/C48H31N3/c1-2-15-32(16-3-1)34-17-4-9-23-41(34)51-45-27-13-8-21-38(45)40-22-14-28-46(48(40)51)50-44-26-12-7-20-37(44)39-30-29-33(31-47(39)50)49-42-24-10-5-18-35(42)36-19-6-11-25-43(36)49/h1-31H/i1D,2D,3D,5D,6D,7D,8D,10D,11D,12D,13D,14D,15D,16D,18D,19D,20D,21D,22D,24D,25D,26D,27D,28D,29D,30D,31D. The molecule has 3 aromatic heterocycles. The van der Waals surface area contributed by atoms with Gasteiger partial charge in [-0.25, -0.2) is 0 Å². The largest absolute Gasteiger partial charge is 0.309 e. The second-order valence-corrected chi connectivity index (χ2v) is 11.3. The highest BCUT2D eigenvalue weighted by atomic mass is 15.1. The van der Waals surface area contributed by atoms with E-state index in [-0.39, 0.29) is 11.3 Å². The van der Waals surface area contributed by atoms with Crippen LogP contribution in [0.25, 0.3) is 93.6 Å². The maximum Gasteiger partial charge on any atom is 0.0782 e. The zero-order chi connectivity index (χ0) is 57.0. The van der Waals surface area contributed by atoms with Gasteiger partial charge in [-0.3, -0.25) is 0 Å². The number of nitrogens with zero attached hydrogens (tertiary/aromatic N) is 3. The minimum atomic E-state index is -0.974. The lowest BCUT2D eigenvalue weighted by atomic mass is 10.0. The molecule has 0 saturated carbocycles. The van der Waals surface area contributed by atoms with Crippen LogP contribution in [0.2, 0.25) is 0 Å². The van der Waals surface area contributed by atoms with E-state index in [4.69, 9.17) is 20.6 Å². The van der Waals surface area contributed by atoms with Crippen LogP contribution in [0.5, 0.6) is 0 Å². The van der Waals surface area contributed by atoms with E-state index in [2.05, 4.69) is 0 Å². The number of hydrogen-bond acceptors (Lipinski definition) is 0. The van der Waals surface area contributed by atoms with Crippen molar-refractivity contribution >= 4 is 65.4 Å². The zero-order valence-electron chi connectivity index (χ0n) is 52.7. The molecule has 0 aliphatic carbocycles. The summed E-state index contributed by atoms with van der Waals surface area (Å²) in [6.45, 7) is 0. The van der Waals surface area contributed by atoms with Crippen LogP contribution in [0, 0.1) is 0 Å². The molecular weight excluding hydrogens is 619 g/mol. The van der Waals surface area contributed by atoms with Gasteiger partial charge in [0, 0.05) is 43.6 Å². The first-order chi connectivity index (χ1) is 36.6. The van der Waals surface area contributed by atoms with Gasteiger partial charge in [0.15, 0.2) is 0 Å². The van der Waals surface area contributed by atoms with Crippen molar-refractivity contribution in [3.05, 3.63) is 187 Å². The molecule has 0 unspecified atom stereocenters. The molecule has 0 aliphatic heterocycles. The summed E-state index contributed by atoms with van der Waals surface area (Å²) < 4.78 is 249. The minimum absolute atomic E-state index is 0.181. The lowest BCUT2D eigenvalue weighted by Gasteiger charge is -2.17. The number of para-hydroxylation sites is 6. The van der Waals surface area contributed by atoms with Gasteiger partial charge in [0.25, 0.3) is 0 Å². The SMILES string of the molecule is [2H]c1c([2H])c([2H])c(-c2ccccc2-n2c3c([2H])c([2H])c([2H])c([2H])c3c3c([2H])c([2H])c([2H])c(-n4c5c([2H])c([2H])c([2H])c([2H])c5c5c([2H])c([2H])c(-n6c7c([2H])c([2H])c([2H])c([2H])c7c7c([2H])c([2H])c([2H])c([2H])c76)c([2H])c54)c32)c([2H])c1[2H]. The van der Waals surface area contributed by atoms with Gasteiger partial charge in [0.05, 0.1) is 81.5 Å². The molecule has 0 saturated heterocycles. The van der Waals surface area contributed by atoms with E-state index in [1.54, 1.807) is 0 Å². The van der Waals surface area contributed by atoms with Gasteiger partial charge in [-0.1, -0.05) is 139 Å². The molecule has 11 rings (SSSR count). The Balaban J connectivity index is 1.48. The molecule has 0 radical (unpaired) electrons. The highest BCUT2D eigenvalue weighted by Gasteiger charge is 2.22. The summed E-state index contributed by atoms with van der Waals surface area (Å²) in [5.41, 5.74) is -5.81. The van der Waals surface area contributed by atoms with Gasteiger partial charge in [-0.05, 0) is 53.9 Å². The van der Waals surface area contributed by atoms with E-state index in [1.807, 2.05) is 0 Å². The maximum atomic E-state index is 10.3. The van der Waals surface area contributed by atoms with Crippen molar-refractivity contribution in [1.82, 2.24) is 13.7 Å². The topological polar surface area (TPSA) is 14.8 Å². The summed E-state index contributed by atoms with van der Waals surface area (Å²) in [5.74, 6) is 0.